The van der Waals surface area contributed by atoms with Crippen LogP contribution in [-0.2, 0) is 12.8 Å². The fourth-order valence-corrected chi connectivity index (χ4v) is 4.27. The van der Waals surface area contributed by atoms with E-state index >= 15 is 0 Å². The predicted octanol–water partition coefficient (Wildman–Crippen LogP) is 5.93. The van der Waals surface area contributed by atoms with Gasteiger partial charge in [0.05, 0.1) is 12.7 Å². The van der Waals surface area contributed by atoms with Gasteiger partial charge in [0.2, 0.25) is 0 Å². The van der Waals surface area contributed by atoms with E-state index in [1.807, 2.05) is 35.7 Å². The number of thiophene rings is 1. The van der Waals surface area contributed by atoms with Crippen molar-refractivity contribution in [2.24, 2.45) is 0 Å². The number of nitrogens with zero attached hydrogens (tertiary/aromatic N) is 2. The maximum absolute atomic E-state index is 11.2. The van der Waals surface area contributed by atoms with E-state index in [0.29, 0.717) is 5.82 Å². The first kappa shape index (κ1) is 20.8. The lowest BCUT2D eigenvalue weighted by Gasteiger charge is -2.15. The number of methoxy groups -OCH3 is 1. The van der Waals surface area contributed by atoms with Crippen molar-refractivity contribution in [3.8, 4) is 16.5 Å². The number of aryl methyl sites for hydroxylation is 1. The van der Waals surface area contributed by atoms with Crippen molar-refractivity contribution in [1.29, 1.82) is 0 Å². The molecule has 2 heterocycles. The number of carboxylic acids is 1. The summed E-state index contributed by atoms with van der Waals surface area (Å²) in [4.78, 5) is 20.9. The van der Waals surface area contributed by atoms with Crippen LogP contribution in [0.1, 0.15) is 35.5 Å². The highest BCUT2D eigenvalue weighted by Gasteiger charge is 2.15. The highest BCUT2D eigenvalue weighted by molar-refractivity contribution is 7.12. The number of rotatable bonds is 7. The molecule has 0 amide bonds. The lowest BCUT2D eigenvalue weighted by molar-refractivity contribution is 0.0697. The molecule has 2 aromatic heterocycles. The summed E-state index contributed by atoms with van der Waals surface area (Å²) >= 11 is 1.52. The number of ether oxygens (including phenoxy) is 1. The summed E-state index contributed by atoms with van der Waals surface area (Å²) in [6.07, 6.45) is 1.62. The molecule has 158 valence electrons. The van der Waals surface area contributed by atoms with Gasteiger partial charge in [-0.15, -0.1) is 11.3 Å². The number of hydrogen-bond donors (Lipinski definition) is 2. The van der Waals surface area contributed by atoms with Crippen molar-refractivity contribution in [1.82, 2.24) is 9.97 Å². The Bertz CT molecular complexity index is 1270. The van der Waals surface area contributed by atoms with Crippen LogP contribution in [0.25, 0.3) is 22.2 Å². The Hall–Kier alpha value is -3.45. The minimum absolute atomic E-state index is 0.278. The molecule has 4 aromatic rings. The summed E-state index contributed by atoms with van der Waals surface area (Å²) < 4.78 is 5.32. The van der Waals surface area contributed by atoms with E-state index in [-0.39, 0.29) is 5.56 Å². The summed E-state index contributed by atoms with van der Waals surface area (Å²) in [7, 11) is 1.65. The second-order valence-electron chi connectivity index (χ2n) is 7.09. The third kappa shape index (κ3) is 4.22. The van der Waals surface area contributed by atoms with Gasteiger partial charge in [0, 0.05) is 34.0 Å². The van der Waals surface area contributed by atoms with Crippen LogP contribution in [0, 0.1) is 0 Å². The zero-order chi connectivity index (χ0) is 22.0. The van der Waals surface area contributed by atoms with Crippen molar-refractivity contribution in [2.75, 3.05) is 12.4 Å². The predicted molar refractivity (Wildman–Crippen MR) is 125 cm³/mol. The smallest absolute Gasteiger partial charge is 0.335 e. The topological polar surface area (TPSA) is 84.3 Å². The summed E-state index contributed by atoms with van der Waals surface area (Å²) in [6.45, 7) is 4.20. The van der Waals surface area contributed by atoms with Crippen molar-refractivity contribution in [2.45, 2.75) is 26.7 Å². The molecule has 0 aliphatic carbocycles. The average molecular weight is 434 g/mol. The van der Waals surface area contributed by atoms with Gasteiger partial charge in [-0.1, -0.05) is 26.0 Å². The molecule has 0 bridgehead atoms. The van der Waals surface area contributed by atoms with E-state index in [4.69, 9.17) is 14.7 Å². The van der Waals surface area contributed by atoms with E-state index in [0.717, 1.165) is 57.0 Å². The number of carboxylic acid groups (broad SMARTS) is 1. The monoisotopic (exact) mass is 433 g/mol. The van der Waals surface area contributed by atoms with E-state index in [2.05, 4.69) is 19.2 Å². The van der Waals surface area contributed by atoms with Crippen molar-refractivity contribution in [3.05, 3.63) is 64.7 Å². The molecule has 0 aliphatic heterocycles. The maximum atomic E-state index is 11.2. The van der Waals surface area contributed by atoms with Gasteiger partial charge in [0.15, 0.2) is 10.9 Å². The number of benzene rings is 2. The van der Waals surface area contributed by atoms with Crippen LogP contribution >= 0.6 is 11.3 Å². The SMILES string of the molecule is CCc1nc(-c2csc(OC)c2)nc(Nc2ccc3cc(C(=O)O)ccc3c2)c1CC. The van der Waals surface area contributed by atoms with E-state index in [1.165, 1.54) is 11.3 Å². The van der Waals surface area contributed by atoms with Gasteiger partial charge in [-0.05, 0) is 47.9 Å². The Balaban J connectivity index is 1.74. The first-order valence-electron chi connectivity index (χ1n) is 10.1. The van der Waals surface area contributed by atoms with Gasteiger partial charge in [-0.3, -0.25) is 0 Å². The van der Waals surface area contributed by atoms with Crippen LogP contribution in [0.15, 0.2) is 47.8 Å². The standard InChI is InChI=1S/C24H23N3O3S/c1-4-19-20(5-2)26-22(17-12-21(30-3)31-13-17)27-23(19)25-18-9-8-14-10-16(24(28)29)7-6-15(14)11-18/h6-13H,4-5H2,1-3H3,(H,28,29)(H,25,26,27). The highest BCUT2D eigenvalue weighted by atomic mass is 32.1. The largest absolute Gasteiger partial charge is 0.487 e. The van der Waals surface area contributed by atoms with Gasteiger partial charge in [-0.25, -0.2) is 14.8 Å². The van der Waals surface area contributed by atoms with Crippen LogP contribution in [-0.4, -0.2) is 28.2 Å². The Morgan fingerprint density at radius 1 is 1.06 bits per heavy atom. The van der Waals surface area contributed by atoms with Crippen LogP contribution in [0.4, 0.5) is 11.5 Å². The first-order valence-corrected chi connectivity index (χ1v) is 11.0. The van der Waals surface area contributed by atoms with Crippen LogP contribution in [0.5, 0.6) is 5.06 Å². The second kappa shape index (κ2) is 8.73. The molecular formula is C24H23N3O3S. The number of carbonyl (C=O) groups is 1. The molecule has 0 saturated carbocycles. The number of nitrogens with one attached hydrogen (secondary N) is 1. The van der Waals surface area contributed by atoms with Gasteiger partial charge >= 0.3 is 5.97 Å². The van der Waals surface area contributed by atoms with Crippen molar-refractivity contribution >= 4 is 39.6 Å². The molecule has 6 nitrogen and oxygen atoms in total. The number of fused-ring (bicyclic) bond motifs is 1. The quantitative estimate of drug-likeness (QED) is 0.376. The number of anilines is 2. The fourth-order valence-electron chi connectivity index (χ4n) is 3.56. The van der Waals surface area contributed by atoms with E-state index in [9.17, 15) is 9.90 Å². The highest BCUT2D eigenvalue weighted by Crippen LogP contribution is 2.32. The Kier molecular flexibility index (Phi) is 5.86. The fraction of sp³-hybridized carbons (Fsp3) is 0.208. The van der Waals surface area contributed by atoms with Gasteiger partial charge in [0.1, 0.15) is 5.82 Å². The van der Waals surface area contributed by atoms with Crippen LogP contribution < -0.4 is 10.1 Å². The second-order valence-corrected chi connectivity index (χ2v) is 7.97. The molecule has 0 aliphatic rings. The number of aromatic carboxylic acids is 1. The van der Waals surface area contributed by atoms with E-state index in [1.54, 1.807) is 19.2 Å². The number of aromatic nitrogens is 2. The molecule has 0 fully saturated rings. The average Bonchev–Trinajstić information content (AvgIpc) is 3.27. The van der Waals surface area contributed by atoms with E-state index < -0.39 is 5.97 Å². The molecule has 0 unspecified atom stereocenters. The summed E-state index contributed by atoms with van der Waals surface area (Å²) in [5.41, 5.74) is 4.21. The molecule has 0 atom stereocenters. The third-order valence-corrected chi connectivity index (χ3v) is 6.05. The van der Waals surface area contributed by atoms with Crippen LogP contribution in [0.3, 0.4) is 0 Å². The lowest BCUT2D eigenvalue weighted by atomic mass is 10.1. The van der Waals surface area contributed by atoms with Crippen LogP contribution in [0.2, 0.25) is 0 Å². The molecule has 2 aromatic carbocycles. The normalized spacial score (nSPS) is 10.9. The van der Waals surface area contributed by atoms with Crippen molar-refractivity contribution < 1.29 is 14.6 Å². The minimum Gasteiger partial charge on any atom is -0.487 e. The molecule has 0 radical (unpaired) electrons. The summed E-state index contributed by atoms with van der Waals surface area (Å²) in [6, 6.07) is 12.9. The van der Waals surface area contributed by atoms with Gasteiger partial charge < -0.3 is 15.2 Å². The molecule has 4 rings (SSSR count). The summed E-state index contributed by atoms with van der Waals surface area (Å²) in [5, 5.41) is 17.3. The Morgan fingerprint density at radius 3 is 2.52 bits per heavy atom. The molecule has 0 spiro atoms. The lowest BCUT2D eigenvalue weighted by Crippen LogP contribution is -2.07. The molecule has 7 heteroatoms. The van der Waals surface area contributed by atoms with Crippen molar-refractivity contribution in [3.63, 3.8) is 0 Å². The minimum atomic E-state index is -0.928. The zero-order valence-electron chi connectivity index (χ0n) is 17.6. The Labute approximate surface area is 184 Å². The van der Waals surface area contributed by atoms with Gasteiger partial charge in [0.25, 0.3) is 0 Å². The molecule has 0 saturated heterocycles. The molecular weight excluding hydrogens is 410 g/mol. The zero-order valence-corrected chi connectivity index (χ0v) is 18.4. The maximum Gasteiger partial charge on any atom is 0.335 e. The van der Waals surface area contributed by atoms with Gasteiger partial charge in [-0.2, -0.15) is 0 Å². The number of hydrogen-bond acceptors (Lipinski definition) is 6. The third-order valence-electron chi connectivity index (χ3n) is 5.17. The Morgan fingerprint density at radius 2 is 1.84 bits per heavy atom. The molecule has 31 heavy (non-hydrogen) atoms. The molecule has 2 N–H and O–H groups in total. The summed E-state index contributed by atoms with van der Waals surface area (Å²) in [5.74, 6) is 0.529. The first-order chi connectivity index (χ1) is 15.0.